The van der Waals surface area contributed by atoms with E-state index in [-0.39, 0.29) is 17.7 Å². The van der Waals surface area contributed by atoms with Crippen LogP contribution >= 0.6 is 0 Å². The molecule has 4 aromatic rings. The van der Waals surface area contributed by atoms with E-state index in [0.29, 0.717) is 23.6 Å². The Morgan fingerprint density at radius 1 is 0.628 bits per heavy atom. The number of fused-ring (bicyclic) bond motifs is 1. The van der Waals surface area contributed by atoms with Crippen LogP contribution in [0, 0.1) is 35.0 Å². The van der Waals surface area contributed by atoms with Gasteiger partial charge in [-0.25, -0.2) is 22.0 Å². The Hall–Kier alpha value is -4.22. The lowest BCUT2D eigenvalue weighted by Crippen LogP contribution is -2.25. The van der Waals surface area contributed by atoms with Crippen molar-refractivity contribution in [2.75, 3.05) is 0 Å². The first-order valence-electron chi connectivity index (χ1n) is 12.9. The predicted molar refractivity (Wildman–Crippen MR) is 136 cm³/mol. The van der Waals surface area contributed by atoms with Crippen molar-refractivity contribution in [2.24, 2.45) is 5.92 Å². The van der Waals surface area contributed by atoms with Gasteiger partial charge in [-0.2, -0.15) is 8.78 Å². The van der Waals surface area contributed by atoms with Crippen LogP contribution in [-0.2, 0) is 19.0 Å². The largest absolute Gasteiger partial charge is 0.573 e. The Bertz CT molecular complexity index is 1650. The average Bonchev–Trinajstić information content (AvgIpc) is 3.32. The van der Waals surface area contributed by atoms with Crippen LogP contribution in [0.3, 0.4) is 0 Å². The van der Waals surface area contributed by atoms with Gasteiger partial charge in [0.15, 0.2) is 11.6 Å². The molecule has 0 heterocycles. The summed E-state index contributed by atoms with van der Waals surface area (Å²) in [5.74, 6) is -11.6. The summed E-state index contributed by atoms with van der Waals surface area (Å²) in [4.78, 5) is 0. The van der Waals surface area contributed by atoms with Crippen molar-refractivity contribution in [1.82, 2.24) is 0 Å². The lowest BCUT2D eigenvalue weighted by molar-refractivity contribution is -0.276. The fourth-order valence-electron chi connectivity index (χ4n) is 5.12. The van der Waals surface area contributed by atoms with Gasteiger partial charge in [-0.3, -0.25) is 0 Å². The fraction of sp³-hybridized carbons (Fsp3) is 0.226. The summed E-state index contributed by atoms with van der Waals surface area (Å²) in [5, 5.41) is 0. The van der Waals surface area contributed by atoms with Crippen molar-refractivity contribution in [3.05, 3.63) is 106 Å². The van der Waals surface area contributed by atoms with Gasteiger partial charge in [0.2, 0.25) is 5.75 Å². The summed E-state index contributed by atoms with van der Waals surface area (Å²) < 4.78 is 146. The van der Waals surface area contributed by atoms with Gasteiger partial charge in [-0.15, -0.1) is 13.2 Å². The summed E-state index contributed by atoms with van der Waals surface area (Å²) >= 11 is 0. The molecule has 43 heavy (non-hydrogen) atoms. The smallest absolute Gasteiger partial charge is 0.429 e. The minimum Gasteiger partial charge on any atom is -0.429 e. The Morgan fingerprint density at radius 2 is 1.19 bits per heavy atom. The fourth-order valence-corrected chi connectivity index (χ4v) is 5.12. The molecule has 0 amide bonds. The molecule has 0 saturated carbocycles. The van der Waals surface area contributed by atoms with E-state index in [1.807, 2.05) is 18.2 Å². The maximum absolute atomic E-state index is 15.1. The first-order valence-corrected chi connectivity index (χ1v) is 12.9. The molecular formula is C31H20F10O2. The highest BCUT2D eigenvalue weighted by atomic mass is 19.4. The minimum atomic E-state index is -5.50. The molecule has 0 aromatic heterocycles. The quantitative estimate of drug-likeness (QED) is 0.193. The highest BCUT2D eigenvalue weighted by Gasteiger charge is 2.42. The maximum Gasteiger partial charge on any atom is 0.573 e. The molecule has 5 rings (SSSR count). The third-order valence-corrected chi connectivity index (χ3v) is 7.18. The van der Waals surface area contributed by atoms with E-state index in [4.69, 9.17) is 0 Å². The second-order valence-corrected chi connectivity index (χ2v) is 10.1. The average molecular weight is 614 g/mol. The second-order valence-electron chi connectivity index (χ2n) is 10.1. The number of benzene rings is 4. The van der Waals surface area contributed by atoms with Crippen LogP contribution in [0.5, 0.6) is 11.5 Å². The monoisotopic (exact) mass is 614 g/mol. The molecule has 2 nitrogen and oxygen atoms in total. The van der Waals surface area contributed by atoms with Crippen LogP contribution in [0.15, 0.2) is 60.7 Å². The summed E-state index contributed by atoms with van der Waals surface area (Å²) in [5.41, 5.74) is 0.908. The van der Waals surface area contributed by atoms with Crippen molar-refractivity contribution >= 4 is 0 Å². The summed E-state index contributed by atoms with van der Waals surface area (Å²) in [7, 11) is 0. The van der Waals surface area contributed by atoms with Crippen molar-refractivity contribution in [2.45, 2.75) is 38.7 Å². The van der Waals surface area contributed by atoms with Crippen molar-refractivity contribution in [1.29, 1.82) is 0 Å². The lowest BCUT2D eigenvalue weighted by atomic mass is 9.96. The van der Waals surface area contributed by atoms with Crippen LogP contribution in [-0.4, -0.2) is 6.36 Å². The molecule has 226 valence electrons. The van der Waals surface area contributed by atoms with Gasteiger partial charge in [0.25, 0.3) is 0 Å². The Kier molecular flexibility index (Phi) is 7.82. The van der Waals surface area contributed by atoms with Crippen LogP contribution in [0.1, 0.15) is 30.0 Å². The van der Waals surface area contributed by atoms with E-state index in [1.165, 1.54) is 17.7 Å². The topological polar surface area (TPSA) is 18.5 Å². The van der Waals surface area contributed by atoms with Gasteiger partial charge in [0.05, 0.1) is 0 Å². The molecule has 0 aliphatic heterocycles. The van der Waals surface area contributed by atoms with E-state index < -0.39 is 64.2 Å². The number of rotatable bonds is 7. The van der Waals surface area contributed by atoms with E-state index in [2.05, 4.69) is 16.4 Å². The summed E-state index contributed by atoms with van der Waals surface area (Å²) in [6, 6.07) is 10.4. The SMILES string of the molecule is CCC1Cc2ccc(-c3ccc(-c4cc(F)c(C(F)(F)Oc5cc(F)c(OC(F)(F)F)c(F)c5)c(F)c4)c(F)c3)cc2C1. The second kappa shape index (κ2) is 11.1. The van der Waals surface area contributed by atoms with Crippen molar-refractivity contribution < 1.29 is 53.4 Å². The molecule has 0 saturated heterocycles. The molecule has 1 aliphatic rings. The number of halogens is 10. The molecule has 0 bridgehead atoms. The highest BCUT2D eigenvalue weighted by Crippen LogP contribution is 2.40. The summed E-state index contributed by atoms with van der Waals surface area (Å²) in [6.45, 7) is 2.11. The third kappa shape index (κ3) is 6.28. The van der Waals surface area contributed by atoms with Gasteiger partial charge < -0.3 is 9.47 Å². The molecule has 0 spiro atoms. The molecule has 1 unspecified atom stereocenters. The van der Waals surface area contributed by atoms with Crippen LogP contribution in [0.4, 0.5) is 43.9 Å². The van der Waals surface area contributed by atoms with Gasteiger partial charge in [-0.1, -0.05) is 43.7 Å². The molecule has 0 fully saturated rings. The molecule has 0 radical (unpaired) electrons. The summed E-state index contributed by atoms with van der Waals surface area (Å²) in [6.07, 6.45) is -7.50. The van der Waals surface area contributed by atoms with Crippen molar-refractivity contribution in [3.8, 4) is 33.8 Å². The van der Waals surface area contributed by atoms with Gasteiger partial charge in [-0.05, 0) is 64.8 Å². The van der Waals surface area contributed by atoms with Gasteiger partial charge in [0, 0.05) is 17.7 Å². The van der Waals surface area contributed by atoms with E-state index in [1.54, 1.807) is 0 Å². The number of hydrogen-bond acceptors (Lipinski definition) is 2. The zero-order valence-corrected chi connectivity index (χ0v) is 22.1. The third-order valence-electron chi connectivity index (χ3n) is 7.18. The first kappa shape index (κ1) is 30.2. The van der Waals surface area contributed by atoms with Crippen LogP contribution in [0.2, 0.25) is 0 Å². The predicted octanol–water partition coefficient (Wildman–Crippen LogP) is 9.87. The molecule has 1 atom stereocenters. The van der Waals surface area contributed by atoms with Crippen LogP contribution in [0.25, 0.3) is 22.3 Å². The van der Waals surface area contributed by atoms with Crippen LogP contribution < -0.4 is 9.47 Å². The zero-order valence-electron chi connectivity index (χ0n) is 22.1. The Balaban J connectivity index is 1.40. The van der Waals surface area contributed by atoms with Gasteiger partial charge in [0.1, 0.15) is 28.8 Å². The normalized spacial score (nSPS) is 15.0. The standard InChI is InChI=1S/C31H20F10O2/c1-2-15-7-16-3-4-17(9-19(16)8-15)18-5-6-22(23(32)10-18)20-11-24(33)28(25(34)12-20)30(37,38)42-21-13-26(35)29(27(36)14-21)43-31(39,40)41/h3-6,9-15H,2,7-8H2,1H3. The number of hydrogen-bond donors (Lipinski definition) is 0. The molecule has 4 aromatic carbocycles. The molecule has 1 aliphatic carbocycles. The van der Waals surface area contributed by atoms with Gasteiger partial charge >= 0.3 is 12.5 Å². The Morgan fingerprint density at radius 3 is 1.77 bits per heavy atom. The zero-order chi connectivity index (χ0) is 31.3. The molecule has 0 N–H and O–H groups in total. The van der Waals surface area contributed by atoms with Crippen molar-refractivity contribution in [3.63, 3.8) is 0 Å². The number of alkyl halides is 5. The number of ether oxygens (including phenoxy) is 2. The first-order chi connectivity index (χ1) is 20.1. The highest BCUT2D eigenvalue weighted by molar-refractivity contribution is 5.72. The van der Waals surface area contributed by atoms with E-state index in [0.717, 1.165) is 36.5 Å². The molecule has 12 heteroatoms. The maximum atomic E-state index is 15.1. The molecular weight excluding hydrogens is 594 g/mol. The lowest BCUT2D eigenvalue weighted by Gasteiger charge is -2.21. The minimum absolute atomic E-state index is 0.0810. The Labute approximate surface area is 238 Å². The van der Waals surface area contributed by atoms with E-state index in [9.17, 15) is 39.5 Å². The van der Waals surface area contributed by atoms with E-state index >= 15 is 4.39 Å².